The van der Waals surface area contributed by atoms with Crippen molar-refractivity contribution in [1.29, 1.82) is 5.26 Å². The maximum atomic E-state index is 12.6. The van der Waals surface area contributed by atoms with Crippen LogP contribution in [0.1, 0.15) is 34.8 Å². The number of nitrogens with zero attached hydrogens (tertiary/aromatic N) is 1. The molecule has 3 rings (SSSR count). The number of para-hydroxylation sites is 1. The second-order valence-electron chi connectivity index (χ2n) is 6.29. The van der Waals surface area contributed by atoms with E-state index in [2.05, 4.69) is 30.5 Å². The molecule has 120 valence electrons. The van der Waals surface area contributed by atoms with Crippen LogP contribution in [0.4, 0.5) is 5.69 Å². The molecule has 0 aromatic heterocycles. The molecule has 1 aliphatic rings. The number of carbonyl (C=O) groups excluding carboxylic acids is 1. The van der Waals surface area contributed by atoms with E-state index in [1.54, 1.807) is 12.1 Å². The molecule has 1 aliphatic heterocycles. The Hall–Kier alpha value is -2.86. The first-order chi connectivity index (χ1) is 11.6. The van der Waals surface area contributed by atoms with Gasteiger partial charge in [0.15, 0.2) is 5.78 Å². The van der Waals surface area contributed by atoms with Crippen molar-refractivity contribution >= 4 is 17.0 Å². The molecule has 0 bridgehead atoms. The number of aryl methyl sites for hydroxylation is 1. The van der Waals surface area contributed by atoms with Gasteiger partial charge < -0.3 is 5.32 Å². The number of ketones is 1. The molecule has 0 fully saturated rings. The summed E-state index contributed by atoms with van der Waals surface area (Å²) in [5.41, 5.74) is 5.11. The topological polar surface area (TPSA) is 52.9 Å². The number of nitriles is 1. The van der Waals surface area contributed by atoms with Crippen molar-refractivity contribution in [2.24, 2.45) is 5.92 Å². The van der Waals surface area contributed by atoms with E-state index >= 15 is 0 Å². The normalized spacial score (nSPS) is 17.0. The van der Waals surface area contributed by atoms with Crippen LogP contribution >= 0.6 is 0 Å². The van der Waals surface area contributed by atoms with Gasteiger partial charge >= 0.3 is 0 Å². The predicted molar refractivity (Wildman–Crippen MR) is 96.7 cm³/mol. The van der Waals surface area contributed by atoms with E-state index in [0.717, 1.165) is 11.3 Å². The minimum absolute atomic E-state index is 0.0149. The van der Waals surface area contributed by atoms with Gasteiger partial charge in [0, 0.05) is 22.9 Å². The van der Waals surface area contributed by atoms with Crippen LogP contribution in [-0.4, -0.2) is 11.8 Å². The zero-order chi connectivity index (χ0) is 17.1. The molecule has 0 saturated carbocycles. The summed E-state index contributed by atoms with van der Waals surface area (Å²) in [4.78, 5) is 12.6. The second kappa shape index (κ2) is 6.72. The van der Waals surface area contributed by atoms with Gasteiger partial charge in [-0.05, 0) is 31.9 Å². The zero-order valence-corrected chi connectivity index (χ0v) is 13.9. The molecule has 2 aromatic rings. The lowest BCUT2D eigenvalue weighted by Crippen LogP contribution is -2.27. The average Bonchev–Trinajstić information content (AvgIpc) is 2.60. The highest BCUT2D eigenvalue weighted by molar-refractivity contribution is 5.99. The molecular weight excluding hydrogens is 296 g/mol. The van der Waals surface area contributed by atoms with Crippen molar-refractivity contribution in [3.05, 3.63) is 71.3 Å². The molecule has 3 nitrogen and oxygen atoms in total. The Morgan fingerprint density at radius 2 is 1.88 bits per heavy atom. The summed E-state index contributed by atoms with van der Waals surface area (Å²) in [6, 6.07) is 17.7. The van der Waals surface area contributed by atoms with Crippen LogP contribution in [0.15, 0.2) is 54.6 Å². The molecule has 0 saturated heterocycles. The molecule has 0 unspecified atom stereocenters. The van der Waals surface area contributed by atoms with Crippen LogP contribution in [-0.2, 0) is 0 Å². The number of allylic oxidation sites excluding steroid dienone is 1. The third-order valence-electron chi connectivity index (χ3n) is 4.44. The number of rotatable bonds is 4. The molecule has 0 aliphatic carbocycles. The van der Waals surface area contributed by atoms with Crippen LogP contribution in [0.3, 0.4) is 0 Å². The molecule has 0 spiro atoms. The van der Waals surface area contributed by atoms with Crippen molar-refractivity contribution in [2.75, 3.05) is 5.32 Å². The van der Waals surface area contributed by atoms with Crippen molar-refractivity contribution in [3.8, 4) is 6.07 Å². The fourth-order valence-corrected chi connectivity index (χ4v) is 3.10. The van der Waals surface area contributed by atoms with Gasteiger partial charge in [-0.2, -0.15) is 5.26 Å². The number of hydrogen-bond donors (Lipinski definition) is 1. The smallest absolute Gasteiger partial charge is 0.180 e. The van der Waals surface area contributed by atoms with E-state index in [-0.39, 0.29) is 11.8 Å². The zero-order valence-electron chi connectivity index (χ0n) is 13.9. The highest BCUT2D eigenvalue weighted by Crippen LogP contribution is 2.31. The third-order valence-corrected chi connectivity index (χ3v) is 4.44. The van der Waals surface area contributed by atoms with Gasteiger partial charge in [0.05, 0.1) is 6.07 Å². The average molecular weight is 316 g/mol. The summed E-state index contributed by atoms with van der Waals surface area (Å²) in [5.74, 6) is -0.760. The van der Waals surface area contributed by atoms with E-state index in [4.69, 9.17) is 0 Å². The first-order valence-electron chi connectivity index (χ1n) is 8.13. The SMILES string of the molecule is CC1=C[C@@H](C[C@H](C#N)C(=O)c2ccc(C)cc2)Nc2ccccc21. The maximum Gasteiger partial charge on any atom is 0.180 e. The molecule has 0 amide bonds. The molecule has 2 atom stereocenters. The van der Waals surface area contributed by atoms with Gasteiger partial charge in [-0.25, -0.2) is 0 Å². The summed E-state index contributed by atoms with van der Waals surface area (Å²) >= 11 is 0. The van der Waals surface area contributed by atoms with Gasteiger partial charge in [-0.1, -0.05) is 54.1 Å². The number of fused-ring (bicyclic) bond motifs is 1. The van der Waals surface area contributed by atoms with Crippen LogP contribution in [0, 0.1) is 24.2 Å². The summed E-state index contributed by atoms with van der Waals surface area (Å²) in [5, 5.41) is 12.9. The third kappa shape index (κ3) is 3.23. The van der Waals surface area contributed by atoms with Crippen LogP contribution in [0.2, 0.25) is 0 Å². The van der Waals surface area contributed by atoms with Crippen LogP contribution < -0.4 is 5.32 Å². The number of Topliss-reactive ketones (excluding diaryl/α,β-unsaturated/α-hetero) is 1. The number of nitrogens with one attached hydrogen (secondary N) is 1. The number of carbonyl (C=O) groups is 1. The van der Waals surface area contributed by atoms with E-state index in [9.17, 15) is 10.1 Å². The largest absolute Gasteiger partial charge is 0.378 e. The summed E-state index contributed by atoms with van der Waals surface area (Å²) in [6.07, 6.45) is 2.57. The first kappa shape index (κ1) is 16.0. The summed E-state index contributed by atoms with van der Waals surface area (Å²) in [6.45, 7) is 4.04. The number of benzene rings is 2. The molecule has 2 aromatic carbocycles. The lowest BCUT2D eigenvalue weighted by molar-refractivity contribution is 0.0943. The van der Waals surface area contributed by atoms with Gasteiger partial charge in [0.2, 0.25) is 0 Å². The maximum absolute atomic E-state index is 12.6. The van der Waals surface area contributed by atoms with E-state index in [1.807, 2.05) is 37.3 Å². The van der Waals surface area contributed by atoms with Gasteiger partial charge in [-0.15, -0.1) is 0 Å². The van der Waals surface area contributed by atoms with Crippen molar-refractivity contribution in [2.45, 2.75) is 26.3 Å². The fourth-order valence-electron chi connectivity index (χ4n) is 3.10. The van der Waals surface area contributed by atoms with E-state index < -0.39 is 5.92 Å². The molecule has 1 N–H and O–H groups in total. The number of anilines is 1. The molecular formula is C21H20N2O. The minimum Gasteiger partial charge on any atom is -0.378 e. The fraction of sp³-hybridized carbons (Fsp3) is 0.238. The Morgan fingerprint density at radius 1 is 1.17 bits per heavy atom. The van der Waals surface area contributed by atoms with Crippen LogP contribution in [0.25, 0.3) is 5.57 Å². The Kier molecular flexibility index (Phi) is 4.48. The second-order valence-corrected chi connectivity index (χ2v) is 6.29. The molecule has 24 heavy (non-hydrogen) atoms. The van der Waals surface area contributed by atoms with Crippen molar-refractivity contribution < 1.29 is 4.79 Å². The lowest BCUT2D eigenvalue weighted by Gasteiger charge is -2.26. The van der Waals surface area contributed by atoms with Crippen molar-refractivity contribution in [3.63, 3.8) is 0 Å². The Bertz CT molecular complexity index is 828. The predicted octanol–water partition coefficient (Wildman–Crippen LogP) is 4.61. The van der Waals surface area contributed by atoms with E-state index in [1.165, 1.54) is 11.1 Å². The Morgan fingerprint density at radius 3 is 2.58 bits per heavy atom. The van der Waals surface area contributed by atoms with Gasteiger partial charge in [0.1, 0.15) is 5.92 Å². The Labute approximate surface area is 142 Å². The molecule has 1 heterocycles. The minimum atomic E-state index is -0.653. The number of hydrogen-bond acceptors (Lipinski definition) is 3. The highest BCUT2D eigenvalue weighted by atomic mass is 16.1. The quantitative estimate of drug-likeness (QED) is 0.838. The lowest BCUT2D eigenvalue weighted by atomic mass is 9.89. The monoisotopic (exact) mass is 316 g/mol. The standard InChI is InChI=1S/C21H20N2O/c1-14-7-9-16(10-8-14)21(24)17(13-22)12-18-11-15(2)19-5-3-4-6-20(19)23-18/h3-11,17-18,23H,12H2,1-2H3/t17-,18+/m1/s1. The van der Waals surface area contributed by atoms with Crippen molar-refractivity contribution in [1.82, 2.24) is 0 Å². The highest BCUT2D eigenvalue weighted by Gasteiger charge is 2.25. The van der Waals surface area contributed by atoms with Gasteiger partial charge in [-0.3, -0.25) is 4.79 Å². The summed E-state index contributed by atoms with van der Waals surface area (Å²) < 4.78 is 0. The van der Waals surface area contributed by atoms with Crippen LogP contribution in [0.5, 0.6) is 0 Å². The first-order valence-corrected chi connectivity index (χ1v) is 8.13. The molecule has 0 radical (unpaired) electrons. The summed E-state index contributed by atoms with van der Waals surface area (Å²) in [7, 11) is 0. The van der Waals surface area contributed by atoms with E-state index in [0.29, 0.717) is 12.0 Å². The van der Waals surface area contributed by atoms with Gasteiger partial charge in [0.25, 0.3) is 0 Å². The Balaban J connectivity index is 1.77. The molecule has 3 heteroatoms.